The van der Waals surface area contributed by atoms with Crippen molar-refractivity contribution >= 4 is 29.0 Å². The van der Waals surface area contributed by atoms with Crippen LogP contribution in [0.5, 0.6) is 0 Å². The third-order valence-corrected chi connectivity index (χ3v) is 3.35. The van der Waals surface area contributed by atoms with Crippen LogP contribution in [-0.2, 0) is 6.42 Å². The van der Waals surface area contributed by atoms with Gasteiger partial charge in [-0.1, -0.05) is 48.3 Å². The molecule has 1 aromatic heterocycles. The van der Waals surface area contributed by atoms with Crippen LogP contribution in [0.2, 0.25) is 10.0 Å². The van der Waals surface area contributed by atoms with Crippen LogP contribution in [0.3, 0.4) is 0 Å². The Balaban J connectivity index is 2.55. The van der Waals surface area contributed by atoms with Gasteiger partial charge in [-0.25, -0.2) is 4.98 Å². The number of hydrogen-bond donors (Lipinski definition) is 1. The maximum absolute atomic E-state index is 6.21. The molecular weight excluding hydrogens is 267 g/mol. The summed E-state index contributed by atoms with van der Waals surface area (Å²) < 4.78 is 0. The topological polar surface area (TPSA) is 24.9 Å². The Morgan fingerprint density at radius 1 is 1.17 bits per heavy atom. The summed E-state index contributed by atoms with van der Waals surface area (Å²) in [5, 5.41) is 4.05. The van der Waals surface area contributed by atoms with E-state index in [0.717, 1.165) is 17.7 Å². The number of aryl methyl sites for hydroxylation is 1. The molecule has 18 heavy (non-hydrogen) atoms. The van der Waals surface area contributed by atoms with Crippen molar-refractivity contribution in [2.45, 2.75) is 13.3 Å². The molecule has 1 aromatic carbocycles. The van der Waals surface area contributed by atoms with Gasteiger partial charge < -0.3 is 5.32 Å². The molecule has 2 aromatic rings. The lowest BCUT2D eigenvalue weighted by Gasteiger charge is -2.09. The maximum Gasteiger partial charge on any atom is 0.145 e. The molecular formula is C14H14Cl2N2. The lowest BCUT2D eigenvalue weighted by atomic mass is 10.1. The van der Waals surface area contributed by atoms with Crippen LogP contribution in [0.15, 0.2) is 30.3 Å². The zero-order valence-electron chi connectivity index (χ0n) is 10.3. The predicted octanol–water partition coefficient (Wildman–Crippen LogP) is 4.66. The van der Waals surface area contributed by atoms with Crippen molar-refractivity contribution in [3.8, 4) is 11.3 Å². The van der Waals surface area contributed by atoms with Crippen LogP contribution < -0.4 is 5.32 Å². The summed E-state index contributed by atoms with van der Waals surface area (Å²) in [6, 6.07) is 9.92. The summed E-state index contributed by atoms with van der Waals surface area (Å²) in [5.74, 6) is 0.637. The molecule has 1 heterocycles. The van der Waals surface area contributed by atoms with E-state index in [9.17, 15) is 0 Å². The van der Waals surface area contributed by atoms with Crippen molar-refractivity contribution in [3.05, 3.63) is 45.9 Å². The van der Waals surface area contributed by atoms with E-state index >= 15 is 0 Å². The molecule has 2 rings (SSSR count). The third kappa shape index (κ3) is 2.60. The summed E-state index contributed by atoms with van der Waals surface area (Å²) in [7, 11) is 1.79. The van der Waals surface area contributed by atoms with Gasteiger partial charge in [-0.2, -0.15) is 0 Å². The number of nitrogens with one attached hydrogen (secondary N) is 1. The number of hydrogen-bond acceptors (Lipinski definition) is 2. The number of halogens is 2. The molecule has 1 N–H and O–H groups in total. The molecule has 0 unspecified atom stereocenters. The number of aromatic nitrogens is 1. The molecule has 0 spiro atoms. The van der Waals surface area contributed by atoms with Gasteiger partial charge in [0.25, 0.3) is 0 Å². The number of benzene rings is 1. The Morgan fingerprint density at radius 2 is 1.94 bits per heavy atom. The van der Waals surface area contributed by atoms with Crippen molar-refractivity contribution in [1.82, 2.24) is 4.98 Å². The maximum atomic E-state index is 6.21. The number of pyridine rings is 1. The molecule has 0 saturated carbocycles. The third-order valence-electron chi connectivity index (χ3n) is 2.77. The zero-order valence-corrected chi connectivity index (χ0v) is 11.8. The second-order valence-electron chi connectivity index (χ2n) is 3.95. The van der Waals surface area contributed by atoms with Crippen molar-refractivity contribution in [2.75, 3.05) is 12.4 Å². The van der Waals surface area contributed by atoms with Gasteiger partial charge in [0, 0.05) is 12.6 Å². The summed E-state index contributed by atoms with van der Waals surface area (Å²) in [5.41, 5.74) is 3.01. The molecule has 4 heteroatoms. The minimum absolute atomic E-state index is 0.526. The van der Waals surface area contributed by atoms with E-state index in [1.807, 2.05) is 12.1 Å². The second kappa shape index (κ2) is 5.59. The Bertz CT molecular complexity index is 568. The first-order valence-electron chi connectivity index (χ1n) is 5.78. The minimum Gasteiger partial charge on any atom is -0.372 e. The summed E-state index contributed by atoms with van der Waals surface area (Å²) >= 11 is 12.3. The first-order chi connectivity index (χ1) is 8.65. The Hall–Kier alpha value is -1.25. The van der Waals surface area contributed by atoms with Gasteiger partial charge >= 0.3 is 0 Å². The van der Waals surface area contributed by atoms with Gasteiger partial charge in [0.15, 0.2) is 0 Å². The number of rotatable bonds is 3. The van der Waals surface area contributed by atoms with Gasteiger partial charge in [0.2, 0.25) is 0 Å². The van der Waals surface area contributed by atoms with Crippen molar-refractivity contribution in [1.29, 1.82) is 0 Å². The predicted molar refractivity (Wildman–Crippen MR) is 78.6 cm³/mol. The van der Waals surface area contributed by atoms with Gasteiger partial charge in [-0.05, 0) is 24.1 Å². The molecule has 0 amide bonds. The van der Waals surface area contributed by atoms with Crippen LogP contribution in [0.1, 0.15) is 12.5 Å². The monoisotopic (exact) mass is 280 g/mol. The zero-order chi connectivity index (χ0) is 13.1. The molecule has 94 valence electrons. The van der Waals surface area contributed by atoms with Crippen molar-refractivity contribution in [3.63, 3.8) is 0 Å². The normalized spacial score (nSPS) is 10.4. The second-order valence-corrected chi connectivity index (χ2v) is 4.77. The van der Waals surface area contributed by atoms with E-state index in [2.05, 4.69) is 29.4 Å². The summed E-state index contributed by atoms with van der Waals surface area (Å²) in [4.78, 5) is 4.46. The summed E-state index contributed by atoms with van der Waals surface area (Å²) in [6.07, 6.45) is 0.984. The van der Waals surface area contributed by atoms with E-state index in [0.29, 0.717) is 15.9 Å². The van der Waals surface area contributed by atoms with E-state index in [4.69, 9.17) is 23.2 Å². The highest BCUT2D eigenvalue weighted by Crippen LogP contribution is 2.32. The fourth-order valence-electron chi connectivity index (χ4n) is 1.78. The molecule has 0 fully saturated rings. The molecule has 0 aliphatic carbocycles. The highest BCUT2D eigenvalue weighted by atomic mass is 35.5. The molecule has 0 atom stereocenters. The SMILES string of the molecule is CCc1cccc(-c2nc(NC)c(Cl)cc2Cl)c1. The van der Waals surface area contributed by atoms with Gasteiger partial charge in [-0.3, -0.25) is 0 Å². The van der Waals surface area contributed by atoms with E-state index in [1.165, 1.54) is 5.56 Å². The highest BCUT2D eigenvalue weighted by molar-refractivity contribution is 6.37. The average molecular weight is 281 g/mol. The minimum atomic E-state index is 0.526. The summed E-state index contributed by atoms with van der Waals surface area (Å²) in [6.45, 7) is 2.12. The Morgan fingerprint density at radius 3 is 2.61 bits per heavy atom. The van der Waals surface area contributed by atoms with E-state index in [1.54, 1.807) is 13.1 Å². The fourth-order valence-corrected chi connectivity index (χ4v) is 2.35. The Labute approximate surface area is 117 Å². The van der Waals surface area contributed by atoms with Gasteiger partial charge in [0.05, 0.1) is 15.7 Å². The van der Waals surface area contributed by atoms with Crippen LogP contribution >= 0.6 is 23.2 Å². The largest absolute Gasteiger partial charge is 0.372 e. The first-order valence-corrected chi connectivity index (χ1v) is 6.54. The average Bonchev–Trinajstić information content (AvgIpc) is 2.39. The molecule has 0 bridgehead atoms. The molecule has 0 aliphatic heterocycles. The molecule has 0 aliphatic rings. The van der Waals surface area contributed by atoms with Crippen LogP contribution in [0, 0.1) is 0 Å². The van der Waals surface area contributed by atoms with Crippen LogP contribution in [-0.4, -0.2) is 12.0 Å². The highest BCUT2D eigenvalue weighted by Gasteiger charge is 2.10. The number of anilines is 1. The number of nitrogens with zero attached hydrogens (tertiary/aromatic N) is 1. The molecule has 0 saturated heterocycles. The first kappa shape index (κ1) is 13.2. The lowest BCUT2D eigenvalue weighted by Crippen LogP contribution is -1.96. The van der Waals surface area contributed by atoms with Gasteiger partial charge in [0.1, 0.15) is 5.82 Å². The Kier molecular flexibility index (Phi) is 4.10. The van der Waals surface area contributed by atoms with Crippen LogP contribution in [0.25, 0.3) is 11.3 Å². The van der Waals surface area contributed by atoms with Gasteiger partial charge in [-0.15, -0.1) is 0 Å². The van der Waals surface area contributed by atoms with E-state index in [-0.39, 0.29) is 0 Å². The molecule has 2 nitrogen and oxygen atoms in total. The van der Waals surface area contributed by atoms with Crippen molar-refractivity contribution in [2.24, 2.45) is 0 Å². The molecule has 0 radical (unpaired) electrons. The van der Waals surface area contributed by atoms with Crippen LogP contribution in [0.4, 0.5) is 5.82 Å². The van der Waals surface area contributed by atoms with E-state index < -0.39 is 0 Å². The smallest absolute Gasteiger partial charge is 0.145 e. The standard InChI is InChI=1S/C14H14Cl2N2/c1-3-9-5-4-6-10(7-9)13-11(15)8-12(16)14(17-2)18-13/h4-8H,3H2,1-2H3,(H,17,18). The van der Waals surface area contributed by atoms with Crippen molar-refractivity contribution < 1.29 is 0 Å². The lowest BCUT2D eigenvalue weighted by molar-refractivity contribution is 1.14. The fraction of sp³-hybridized carbons (Fsp3) is 0.214. The quantitative estimate of drug-likeness (QED) is 0.885.